The quantitative estimate of drug-likeness (QED) is 0.0994. The van der Waals surface area contributed by atoms with Crippen LogP contribution >= 0.6 is 0 Å². The number of nitrogens with one attached hydrogen (secondary N) is 2. The number of rotatable bonds is 10. The summed E-state index contributed by atoms with van der Waals surface area (Å²) in [5.41, 5.74) is 4.67. The molecule has 4 N–H and O–H groups in total. The number of hydrogen-bond donors (Lipinski definition) is 3. The summed E-state index contributed by atoms with van der Waals surface area (Å²) in [6.45, 7) is 4.86. The molecular weight excluding hydrogens is 520 g/mol. The van der Waals surface area contributed by atoms with Gasteiger partial charge in [-0.1, -0.05) is 60.7 Å². The van der Waals surface area contributed by atoms with Crippen molar-refractivity contribution in [3.05, 3.63) is 71.8 Å². The van der Waals surface area contributed by atoms with Crippen molar-refractivity contribution in [1.29, 1.82) is 0 Å². The SMILES string of the molecule is COC(=O)[C@@](N)(CCCN=C(NC(=O)OCc1ccccc1)NC(=O)OCc1ccccc1)C(=O)OC(C)(C)C. The van der Waals surface area contributed by atoms with Crippen LogP contribution in [0.3, 0.4) is 0 Å². The predicted molar refractivity (Wildman–Crippen MR) is 146 cm³/mol. The highest BCUT2D eigenvalue weighted by Gasteiger charge is 2.45. The molecule has 2 aromatic rings. The summed E-state index contributed by atoms with van der Waals surface area (Å²) in [5.74, 6) is -2.16. The normalized spacial score (nSPS) is 12.2. The van der Waals surface area contributed by atoms with E-state index >= 15 is 0 Å². The number of amides is 2. The van der Waals surface area contributed by atoms with E-state index in [0.29, 0.717) is 0 Å². The fourth-order valence-electron chi connectivity index (χ4n) is 3.21. The molecule has 0 heterocycles. The Balaban J connectivity index is 2.06. The number of carbonyl (C=O) groups is 4. The van der Waals surface area contributed by atoms with Crippen molar-refractivity contribution in [2.75, 3.05) is 13.7 Å². The molecule has 0 saturated carbocycles. The van der Waals surface area contributed by atoms with Crippen molar-refractivity contribution < 1.29 is 38.1 Å². The minimum absolute atomic E-state index is 0.0108. The second kappa shape index (κ2) is 15.2. The average Bonchev–Trinajstić information content (AvgIpc) is 2.92. The van der Waals surface area contributed by atoms with Gasteiger partial charge in [-0.2, -0.15) is 0 Å². The highest BCUT2D eigenvalue weighted by molar-refractivity contribution is 6.04. The Morgan fingerprint density at radius 3 is 1.70 bits per heavy atom. The number of nitrogens with zero attached hydrogens (tertiary/aromatic N) is 1. The zero-order valence-electron chi connectivity index (χ0n) is 23.1. The van der Waals surface area contributed by atoms with Crippen LogP contribution in [0.5, 0.6) is 0 Å². The van der Waals surface area contributed by atoms with Crippen molar-refractivity contribution >= 4 is 30.1 Å². The van der Waals surface area contributed by atoms with Gasteiger partial charge in [0.05, 0.1) is 7.11 Å². The largest absolute Gasteiger partial charge is 0.467 e. The van der Waals surface area contributed by atoms with Gasteiger partial charge in [0, 0.05) is 6.54 Å². The summed E-state index contributed by atoms with van der Waals surface area (Å²) in [5, 5.41) is 4.73. The van der Waals surface area contributed by atoms with Gasteiger partial charge in [-0.25, -0.2) is 19.2 Å². The van der Waals surface area contributed by atoms with Crippen LogP contribution in [-0.2, 0) is 41.8 Å². The third-order valence-electron chi connectivity index (χ3n) is 5.18. The fraction of sp³-hybridized carbons (Fsp3) is 0.393. The molecule has 2 amide bonds. The molecule has 0 aromatic heterocycles. The van der Waals surface area contributed by atoms with Crippen LogP contribution in [-0.4, -0.2) is 54.9 Å². The predicted octanol–water partition coefficient (Wildman–Crippen LogP) is 3.19. The number of nitrogens with two attached hydrogens (primary N) is 1. The summed E-state index contributed by atoms with van der Waals surface area (Å²) < 4.78 is 20.4. The van der Waals surface area contributed by atoms with Crippen LogP contribution < -0.4 is 16.4 Å². The standard InChI is InChI=1S/C28H36N4O8/c1-27(2,3)40-23(34)28(29,22(33)37-4)16-11-17-30-24(31-25(35)38-18-20-12-7-5-8-13-20)32-26(36)39-19-21-14-9-6-10-15-21/h5-10,12-15H,11,16-19,29H2,1-4H3,(H2,30,31,32,35,36)/t28-/m0/s1. The molecule has 0 unspecified atom stereocenters. The smallest absolute Gasteiger partial charge is 0.414 e. The molecular formula is C28H36N4O8. The number of aliphatic imine (C=N–C) groups is 1. The molecule has 0 aliphatic heterocycles. The van der Waals surface area contributed by atoms with Crippen molar-refractivity contribution in [2.45, 2.75) is 58.0 Å². The lowest BCUT2D eigenvalue weighted by molar-refractivity contribution is -0.170. The van der Waals surface area contributed by atoms with Crippen molar-refractivity contribution in [3.8, 4) is 0 Å². The molecule has 40 heavy (non-hydrogen) atoms. The Labute approximate surface area is 233 Å². The average molecular weight is 557 g/mol. The van der Waals surface area contributed by atoms with Gasteiger partial charge in [-0.05, 0) is 44.7 Å². The summed E-state index contributed by atoms with van der Waals surface area (Å²) in [4.78, 5) is 53.9. The summed E-state index contributed by atoms with van der Waals surface area (Å²) >= 11 is 0. The molecule has 0 spiro atoms. The van der Waals surface area contributed by atoms with E-state index in [1.807, 2.05) is 12.1 Å². The fourth-order valence-corrected chi connectivity index (χ4v) is 3.21. The number of benzene rings is 2. The Bertz CT molecular complexity index is 1110. The molecule has 0 saturated heterocycles. The van der Waals surface area contributed by atoms with E-state index in [-0.39, 0.29) is 38.6 Å². The number of methoxy groups -OCH3 is 1. The lowest BCUT2D eigenvalue weighted by Gasteiger charge is -2.29. The van der Waals surface area contributed by atoms with Crippen LogP contribution in [0.15, 0.2) is 65.7 Å². The number of esters is 2. The summed E-state index contributed by atoms with van der Waals surface area (Å²) in [6, 6.07) is 18.0. The Kier molecular flexibility index (Phi) is 12.1. The van der Waals surface area contributed by atoms with Crippen molar-refractivity contribution in [3.63, 3.8) is 0 Å². The Morgan fingerprint density at radius 1 is 0.800 bits per heavy atom. The first-order chi connectivity index (χ1) is 18.9. The Hall–Kier alpha value is -4.45. The van der Waals surface area contributed by atoms with E-state index in [2.05, 4.69) is 15.6 Å². The van der Waals surface area contributed by atoms with Gasteiger partial charge in [-0.15, -0.1) is 0 Å². The van der Waals surface area contributed by atoms with Gasteiger partial charge in [0.1, 0.15) is 18.8 Å². The van der Waals surface area contributed by atoms with Gasteiger partial charge in [0.2, 0.25) is 11.5 Å². The molecule has 2 aromatic carbocycles. The molecule has 0 aliphatic rings. The zero-order chi connectivity index (χ0) is 29.6. The van der Waals surface area contributed by atoms with Crippen LogP contribution in [0.4, 0.5) is 9.59 Å². The molecule has 12 heteroatoms. The number of ether oxygens (including phenoxy) is 4. The molecule has 12 nitrogen and oxygen atoms in total. The minimum atomic E-state index is -2.07. The van der Waals surface area contributed by atoms with Gasteiger partial charge in [0.25, 0.3) is 0 Å². The maximum atomic E-state index is 12.6. The third-order valence-corrected chi connectivity index (χ3v) is 5.18. The highest BCUT2D eigenvalue weighted by atomic mass is 16.6. The third kappa shape index (κ3) is 11.1. The first-order valence-corrected chi connectivity index (χ1v) is 12.5. The lowest BCUT2D eigenvalue weighted by atomic mass is 9.94. The van der Waals surface area contributed by atoms with Crippen LogP contribution in [0.1, 0.15) is 44.7 Å². The summed E-state index contributed by atoms with van der Waals surface area (Å²) in [6.07, 6.45) is -1.83. The highest BCUT2D eigenvalue weighted by Crippen LogP contribution is 2.19. The number of guanidine groups is 1. The molecule has 2 rings (SSSR count). The van der Waals surface area contributed by atoms with E-state index in [9.17, 15) is 19.2 Å². The maximum Gasteiger partial charge on any atom is 0.414 e. The van der Waals surface area contributed by atoms with E-state index in [0.717, 1.165) is 18.2 Å². The second-order valence-electron chi connectivity index (χ2n) is 9.67. The lowest BCUT2D eigenvalue weighted by Crippen LogP contribution is -2.57. The van der Waals surface area contributed by atoms with Gasteiger partial charge >= 0.3 is 24.1 Å². The van der Waals surface area contributed by atoms with Gasteiger partial charge in [-0.3, -0.25) is 15.6 Å². The van der Waals surface area contributed by atoms with Crippen LogP contribution in [0.25, 0.3) is 0 Å². The van der Waals surface area contributed by atoms with E-state index in [4.69, 9.17) is 24.7 Å². The Morgan fingerprint density at radius 2 is 1.27 bits per heavy atom. The van der Waals surface area contributed by atoms with Crippen molar-refractivity contribution in [1.82, 2.24) is 10.6 Å². The van der Waals surface area contributed by atoms with Gasteiger partial charge in [0.15, 0.2) is 0 Å². The monoisotopic (exact) mass is 556 g/mol. The number of hydrogen-bond acceptors (Lipinski definition) is 10. The molecule has 0 aliphatic carbocycles. The van der Waals surface area contributed by atoms with E-state index < -0.39 is 35.3 Å². The second-order valence-corrected chi connectivity index (χ2v) is 9.67. The van der Waals surface area contributed by atoms with E-state index in [1.165, 1.54) is 0 Å². The first kappa shape index (κ1) is 31.8. The molecule has 0 bridgehead atoms. The topological polar surface area (TPSA) is 168 Å². The van der Waals surface area contributed by atoms with Crippen molar-refractivity contribution in [2.24, 2.45) is 10.7 Å². The molecule has 216 valence electrons. The van der Waals surface area contributed by atoms with Gasteiger partial charge < -0.3 is 24.7 Å². The maximum absolute atomic E-state index is 12.6. The first-order valence-electron chi connectivity index (χ1n) is 12.5. The van der Waals surface area contributed by atoms with Crippen LogP contribution in [0, 0.1) is 0 Å². The number of carbonyl (C=O) groups excluding carboxylic acids is 4. The molecule has 1 atom stereocenters. The zero-order valence-corrected chi connectivity index (χ0v) is 23.1. The summed E-state index contributed by atoms with van der Waals surface area (Å²) in [7, 11) is 1.11. The molecule has 0 radical (unpaired) electrons. The number of alkyl carbamates (subject to hydrolysis) is 2. The minimum Gasteiger partial charge on any atom is -0.467 e. The van der Waals surface area contributed by atoms with Crippen LogP contribution in [0.2, 0.25) is 0 Å². The van der Waals surface area contributed by atoms with E-state index in [1.54, 1.807) is 69.3 Å². The molecule has 0 fully saturated rings.